The van der Waals surface area contributed by atoms with Crippen LogP contribution in [-0.4, -0.2) is 28.4 Å². The number of imidazole rings is 1. The minimum atomic E-state index is -4.02. The summed E-state index contributed by atoms with van der Waals surface area (Å²) in [6, 6.07) is -0.0639. The number of nitrogens with zero attached hydrogens (tertiary/aromatic N) is 2. The van der Waals surface area contributed by atoms with E-state index < -0.39 is 18.9 Å². The van der Waals surface area contributed by atoms with Gasteiger partial charge in [0.25, 0.3) is 0 Å². The lowest BCUT2D eigenvalue weighted by Gasteiger charge is -2.19. The first-order chi connectivity index (χ1) is 8.00. The molecule has 0 unspecified atom stereocenters. The summed E-state index contributed by atoms with van der Waals surface area (Å²) in [5.41, 5.74) is 0.544. The number of halogens is 4. The molecule has 0 bridgehead atoms. The number of hydrogen-bond acceptors (Lipinski definition) is 2. The molecule has 0 aliphatic carbocycles. The lowest BCUT2D eigenvalue weighted by atomic mass is 10.1. The van der Waals surface area contributed by atoms with Crippen molar-refractivity contribution in [2.75, 3.05) is 6.54 Å². The van der Waals surface area contributed by atoms with Crippen molar-refractivity contribution in [3.8, 4) is 0 Å². The zero-order chi connectivity index (χ0) is 12.5. The highest BCUT2D eigenvalue weighted by Crippen LogP contribution is 2.28. The summed E-state index contributed by atoms with van der Waals surface area (Å²) in [5, 5.41) is 3.12. The lowest BCUT2D eigenvalue weighted by Crippen LogP contribution is -2.33. The predicted octanol–water partition coefficient (Wildman–Crippen LogP) is 2.21. The molecule has 1 aliphatic rings. The van der Waals surface area contributed by atoms with E-state index in [-0.39, 0.29) is 6.04 Å². The molecule has 2 heterocycles. The van der Waals surface area contributed by atoms with Crippen LogP contribution in [0.25, 0.3) is 0 Å². The van der Waals surface area contributed by atoms with Crippen LogP contribution in [0.3, 0.4) is 0 Å². The minimum Gasteiger partial charge on any atom is -0.327 e. The van der Waals surface area contributed by atoms with E-state index in [2.05, 4.69) is 10.3 Å². The molecule has 1 aliphatic heterocycles. The van der Waals surface area contributed by atoms with Crippen molar-refractivity contribution < 1.29 is 17.6 Å². The molecule has 1 aromatic rings. The monoisotopic (exact) mass is 251 g/mol. The maximum absolute atomic E-state index is 13.0. The Labute approximate surface area is 95.8 Å². The third-order valence-electron chi connectivity index (χ3n) is 2.86. The van der Waals surface area contributed by atoms with E-state index in [1.807, 2.05) is 0 Å². The van der Waals surface area contributed by atoms with Crippen LogP contribution >= 0.6 is 0 Å². The van der Waals surface area contributed by atoms with Gasteiger partial charge in [0.15, 0.2) is 0 Å². The van der Waals surface area contributed by atoms with Crippen LogP contribution in [0, 0.1) is 0 Å². The minimum absolute atomic E-state index is 0.0639. The fourth-order valence-electron chi connectivity index (χ4n) is 1.99. The molecule has 0 spiro atoms. The molecule has 96 valence electrons. The molecule has 0 saturated carbocycles. The summed E-state index contributed by atoms with van der Waals surface area (Å²) in [6.45, 7) is -0.223. The van der Waals surface area contributed by atoms with Crippen molar-refractivity contribution in [2.24, 2.45) is 0 Å². The summed E-state index contributed by atoms with van der Waals surface area (Å²) in [6.07, 6.45) is 0.720. The second-order valence-electron chi connectivity index (χ2n) is 4.16. The van der Waals surface area contributed by atoms with Gasteiger partial charge in [-0.15, -0.1) is 0 Å². The van der Waals surface area contributed by atoms with Gasteiger partial charge in [0.1, 0.15) is 0 Å². The Kier molecular flexibility index (Phi) is 3.37. The van der Waals surface area contributed by atoms with Crippen molar-refractivity contribution in [3.63, 3.8) is 0 Å². The molecule has 7 heteroatoms. The first kappa shape index (κ1) is 12.3. The van der Waals surface area contributed by atoms with Gasteiger partial charge in [-0.3, -0.25) is 0 Å². The average Bonchev–Trinajstić information content (AvgIpc) is 2.85. The molecule has 0 radical (unpaired) electrons. The molecule has 1 fully saturated rings. The fraction of sp³-hybridized carbons (Fsp3) is 0.700. The first-order valence-corrected chi connectivity index (χ1v) is 5.40. The number of rotatable bonds is 4. The van der Waals surface area contributed by atoms with Gasteiger partial charge in [-0.25, -0.2) is 13.8 Å². The SMILES string of the molecule is FC(F)C(F)(F)Cn1cncc1[C@@H]1CCCN1. The van der Waals surface area contributed by atoms with E-state index in [0.29, 0.717) is 5.69 Å². The van der Waals surface area contributed by atoms with Gasteiger partial charge in [-0.1, -0.05) is 0 Å². The van der Waals surface area contributed by atoms with Crippen LogP contribution < -0.4 is 5.32 Å². The third-order valence-corrected chi connectivity index (χ3v) is 2.86. The smallest absolute Gasteiger partial charge is 0.324 e. The molecule has 0 amide bonds. The quantitative estimate of drug-likeness (QED) is 0.831. The zero-order valence-electron chi connectivity index (χ0n) is 9.04. The number of aromatic nitrogens is 2. The van der Waals surface area contributed by atoms with Gasteiger partial charge in [0.05, 0.1) is 18.6 Å². The van der Waals surface area contributed by atoms with Crippen LogP contribution in [-0.2, 0) is 6.54 Å². The largest absolute Gasteiger partial charge is 0.327 e. The van der Waals surface area contributed by atoms with Gasteiger partial charge in [-0.2, -0.15) is 8.78 Å². The molecular formula is C10H13F4N3. The Morgan fingerprint density at radius 3 is 2.88 bits per heavy atom. The highest BCUT2D eigenvalue weighted by molar-refractivity contribution is 5.07. The van der Waals surface area contributed by atoms with Gasteiger partial charge in [0.2, 0.25) is 0 Å². The number of hydrogen-bond donors (Lipinski definition) is 1. The molecule has 2 rings (SSSR count). The number of nitrogens with one attached hydrogen (secondary N) is 1. The molecule has 1 saturated heterocycles. The van der Waals surface area contributed by atoms with E-state index >= 15 is 0 Å². The Balaban J connectivity index is 2.14. The second kappa shape index (κ2) is 4.64. The Morgan fingerprint density at radius 1 is 1.53 bits per heavy atom. The van der Waals surface area contributed by atoms with Crippen LogP contribution in [0.1, 0.15) is 24.6 Å². The standard InChI is InChI=1S/C10H13F4N3/c11-9(12)10(13,14)5-17-6-15-4-8(17)7-2-1-3-16-7/h4,6-7,9,16H,1-3,5H2/t7-/m0/s1. The summed E-state index contributed by atoms with van der Waals surface area (Å²) in [4.78, 5) is 3.75. The lowest BCUT2D eigenvalue weighted by molar-refractivity contribution is -0.138. The molecule has 3 nitrogen and oxygen atoms in total. The molecule has 1 atom stereocenters. The normalized spacial score (nSPS) is 21.4. The number of alkyl halides is 4. The molecule has 1 N–H and O–H groups in total. The van der Waals surface area contributed by atoms with Crippen LogP contribution in [0.2, 0.25) is 0 Å². The summed E-state index contributed by atoms with van der Waals surface area (Å²) in [7, 11) is 0. The predicted molar refractivity (Wildman–Crippen MR) is 53.2 cm³/mol. The fourth-order valence-corrected chi connectivity index (χ4v) is 1.99. The summed E-state index contributed by atoms with van der Waals surface area (Å²) < 4.78 is 51.2. The molecular weight excluding hydrogens is 238 g/mol. The average molecular weight is 251 g/mol. The van der Waals surface area contributed by atoms with Crippen molar-refractivity contribution >= 4 is 0 Å². The summed E-state index contributed by atoms with van der Waals surface area (Å²) in [5.74, 6) is -4.02. The summed E-state index contributed by atoms with van der Waals surface area (Å²) >= 11 is 0. The zero-order valence-corrected chi connectivity index (χ0v) is 9.04. The van der Waals surface area contributed by atoms with Crippen LogP contribution in [0.5, 0.6) is 0 Å². The van der Waals surface area contributed by atoms with Crippen molar-refractivity contribution in [1.82, 2.24) is 14.9 Å². The van der Waals surface area contributed by atoms with Gasteiger partial charge >= 0.3 is 12.3 Å². The Morgan fingerprint density at radius 2 is 2.29 bits per heavy atom. The van der Waals surface area contributed by atoms with E-state index in [9.17, 15) is 17.6 Å². The van der Waals surface area contributed by atoms with Crippen molar-refractivity contribution in [2.45, 2.75) is 37.8 Å². The van der Waals surface area contributed by atoms with Crippen LogP contribution in [0.15, 0.2) is 12.5 Å². The first-order valence-electron chi connectivity index (χ1n) is 5.40. The van der Waals surface area contributed by atoms with Gasteiger partial charge < -0.3 is 9.88 Å². The maximum Gasteiger partial charge on any atom is 0.324 e. The van der Waals surface area contributed by atoms with E-state index in [1.54, 1.807) is 0 Å². The van der Waals surface area contributed by atoms with Crippen LogP contribution in [0.4, 0.5) is 17.6 Å². The van der Waals surface area contributed by atoms with Gasteiger partial charge in [-0.05, 0) is 19.4 Å². The van der Waals surface area contributed by atoms with E-state index in [4.69, 9.17) is 0 Å². The molecule has 17 heavy (non-hydrogen) atoms. The highest BCUT2D eigenvalue weighted by atomic mass is 19.3. The topological polar surface area (TPSA) is 29.9 Å². The van der Waals surface area contributed by atoms with E-state index in [1.165, 1.54) is 12.5 Å². The Hall–Kier alpha value is -1.11. The van der Waals surface area contributed by atoms with Gasteiger partial charge in [0, 0.05) is 12.2 Å². The maximum atomic E-state index is 13.0. The highest BCUT2D eigenvalue weighted by Gasteiger charge is 2.41. The van der Waals surface area contributed by atoms with Crippen molar-refractivity contribution in [1.29, 1.82) is 0 Å². The van der Waals surface area contributed by atoms with Crippen molar-refractivity contribution in [3.05, 3.63) is 18.2 Å². The molecule has 1 aromatic heterocycles. The second-order valence-corrected chi connectivity index (χ2v) is 4.16. The third kappa shape index (κ3) is 2.59. The Bertz CT molecular complexity index is 371. The van der Waals surface area contributed by atoms with E-state index in [0.717, 1.165) is 24.0 Å². The molecule has 0 aromatic carbocycles.